The molecule has 4 nitrogen and oxygen atoms in total. The number of carbonyl (C=O) groups excluding carboxylic acids is 1. The standard InChI is InChI=1S/C21H14N2O2S2/c24-18(13-7-2-1-3-8-13)19-17(16-11-6-12-26-16)23-15-10-5-4-9-14(15)20(25)22-21(23)27-19/h1-12,17,19H/t17-,19+/m0/s1. The van der Waals surface area contributed by atoms with Crippen LogP contribution in [0.1, 0.15) is 21.3 Å². The Labute approximate surface area is 163 Å². The van der Waals surface area contributed by atoms with Gasteiger partial charge in [0.05, 0.1) is 16.9 Å². The van der Waals surface area contributed by atoms with Crippen LogP contribution < -0.4 is 5.56 Å². The predicted molar refractivity (Wildman–Crippen MR) is 109 cm³/mol. The topological polar surface area (TPSA) is 52.0 Å². The molecule has 0 radical (unpaired) electrons. The molecule has 0 spiro atoms. The van der Waals surface area contributed by atoms with E-state index in [4.69, 9.17) is 0 Å². The molecule has 0 fully saturated rings. The molecule has 2 atom stereocenters. The van der Waals surface area contributed by atoms with Gasteiger partial charge in [-0.2, -0.15) is 4.98 Å². The maximum atomic E-state index is 13.3. The highest BCUT2D eigenvalue weighted by molar-refractivity contribution is 8.00. The van der Waals surface area contributed by atoms with E-state index in [0.29, 0.717) is 16.1 Å². The van der Waals surface area contributed by atoms with Crippen molar-refractivity contribution in [1.82, 2.24) is 9.55 Å². The molecule has 1 aliphatic heterocycles. The molecule has 0 saturated heterocycles. The van der Waals surface area contributed by atoms with Crippen LogP contribution in [0.3, 0.4) is 0 Å². The third-order valence-corrected chi connectivity index (χ3v) is 6.91. The Balaban J connectivity index is 1.73. The van der Waals surface area contributed by atoms with Crippen molar-refractivity contribution in [3.63, 3.8) is 0 Å². The van der Waals surface area contributed by atoms with Crippen LogP contribution in [0.15, 0.2) is 82.1 Å². The Bertz CT molecular complexity index is 1200. The Morgan fingerprint density at radius 2 is 1.74 bits per heavy atom. The fraction of sp³-hybridized carbons (Fsp3) is 0.0952. The number of fused-ring (bicyclic) bond motifs is 3. The van der Waals surface area contributed by atoms with Gasteiger partial charge in [-0.3, -0.25) is 9.59 Å². The van der Waals surface area contributed by atoms with E-state index in [9.17, 15) is 9.59 Å². The number of hydrogen-bond acceptors (Lipinski definition) is 5. The summed E-state index contributed by atoms with van der Waals surface area (Å²) in [6.07, 6.45) is 0. The number of rotatable bonds is 3. The summed E-state index contributed by atoms with van der Waals surface area (Å²) >= 11 is 3.00. The van der Waals surface area contributed by atoms with Gasteiger partial charge in [0.15, 0.2) is 10.9 Å². The van der Waals surface area contributed by atoms with Crippen LogP contribution in [-0.4, -0.2) is 20.6 Å². The number of para-hydroxylation sites is 1. The molecule has 132 valence electrons. The normalized spacial score (nSPS) is 18.5. The van der Waals surface area contributed by atoms with Crippen LogP contribution in [0.4, 0.5) is 0 Å². The minimum absolute atomic E-state index is 0.0565. The summed E-state index contributed by atoms with van der Waals surface area (Å²) in [5.74, 6) is 0.0565. The minimum Gasteiger partial charge on any atom is -0.310 e. The van der Waals surface area contributed by atoms with Crippen molar-refractivity contribution < 1.29 is 4.79 Å². The third kappa shape index (κ3) is 2.64. The first-order valence-corrected chi connectivity index (χ1v) is 10.3. The van der Waals surface area contributed by atoms with E-state index >= 15 is 0 Å². The van der Waals surface area contributed by atoms with Gasteiger partial charge in [0.2, 0.25) is 0 Å². The second-order valence-corrected chi connectivity index (χ2v) is 8.40. The summed E-state index contributed by atoms with van der Waals surface area (Å²) < 4.78 is 2.05. The van der Waals surface area contributed by atoms with Crippen LogP contribution >= 0.6 is 23.1 Å². The van der Waals surface area contributed by atoms with E-state index in [1.165, 1.54) is 11.8 Å². The van der Waals surface area contributed by atoms with Gasteiger partial charge >= 0.3 is 0 Å². The zero-order valence-electron chi connectivity index (χ0n) is 14.1. The smallest absolute Gasteiger partial charge is 0.281 e. The predicted octanol–water partition coefficient (Wildman–Crippen LogP) is 4.40. The Hall–Kier alpha value is -2.70. The molecule has 0 unspecified atom stereocenters. The number of carbonyl (C=O) groups is 1. The third-order valence-electron chi connectivity index (χ3n) is 4.75. The molecule has 0 bridgehead atoms. The van der Waals surface area contributed by atoms with Gasteiger partial charge < -0.3 is 4.57 Å². The molecule has 0 aliphatic carbocycles. The van der Waals surface area contributed by atoms with Gasteiger partial charge in [0.1, 0.15) is 5.25 Å². The van der Waals surface area contributed by atoms with Gasteiger partial charge in [-0.1, -0.05) is 60.3 Å². The average Bonchev–Trinajstić information content (AvgIpc) is 3.36. The monoisotopic (exact) mass is 390 g/mol. The number of aromatic nitrogens is 2. The highest BCUT2D eigenvalue weighted by Gasteiger charge is 2.41. The average molecular weight is 390 g/mol. The van der Waals surface area contributed by atoms with Crippen LogP contribution in [-0.2, 0) is 0 Å². The number of thioether (sulfide) groups is 1. The minimum atomic E-state index is -0.358. The lowest BCUT2D eigenvalue weighted by atomic mass is 10.0. The highest BCUT2D eigenvalue weighted by Crippen LogP contribution is 2.46. The molecule has 3 heterocycles. The van der Waals surface area contributed by atoms with Crippen molar-refractivity contribution in [2.24, 2.45) is 0 Å². The molecule has 6 heteroatoms. The zero-order valence-corrected chi connectivity index (χ0v) is 15.7. The molecule has 0 saturated carbocycles. The van der Waals surface area contributed by atoms with Gasteiger partial charge in [0.25, 0.3) is 5.56 Å². The second kappa shape index (κ2) is 6.48. The van der Waals surface area contributed by atoms with Gasteiger partial charge in [-0.15, -0.1) is 11.3 Å². The Morgan fingerprint density at radius 1 is 0.963 bits per heavy atom. The Kier molecular flexibility index (Phi) is 3.95. The summed E-state index contributed by atoms with van der Waals surface area (Å²) in [5.41, 5.74) is 1.25. The summed E-state index contributed by atoms with van der Waals surface area (Å²) in [4.78, 5) is 31.1. The molecule has 27 heavy (non-hydrogen) atoms. The van der Waals surface area contributed by atoms with E-state index < -0.39 is 0 Å². The fourth-order valence-electron chi connectivity index (χ4n) is 3.53. The number of Topliss-reactive ketones (excluding diaryl/α,β-unsaturated/α-hetero) is 1. The Morgan fingerprint density at radius 3 is 2.52 bits per heavy atom. The van der Waals surface area contributed by atoms with E-state index in [-0.39, 0.29) is 22.6 Å². The van der Waals surface area contributed by atoms with E-state index in [1.807, 2.05) is 66.0 Å². The molecule has 4 aromatic rings. The first-order valence-electron chi connectivity index (χ1n) is 8.54. The number of thiophene rings is 1. The molecule has 1 aliphatic rings. The van der Waals surface area contributed by atoms with Crippen LogP contribution in [0.5, 0.6) is 0 Å². The lowest BCUT2D eigenvalue weighted by molar-refractivity contribution is 0.0980. The maximum Gasteiger partial charge on any atom is 0.281 e. The summed E-state index contributed by atoms with van der Waals surface area (Å²) in [7, 11) is 0. The molecule has 0 N–H and O–H groups in total. The van der Waals surface area contributed by atoms with Gasteiger partial charge in [-0.25, -0.2) is 0 Å². The lowest BCUT2D eigenvalue weighted by Crippen LogP contribution is -2.25. The van der Waals surface area contributed by atoms with Crippen LogP contribution in [0, 0.1) is 0 Å². The highest BCUT2D eigenvalue weighted by atomic mass is 32.2. The number of benzene rings is 2. The molecule has 2 aromatic heterocycles. The first-order chi connectivity index (χ1) is 13.2. The van der Waals surface area contributed by atoms with E-state index in [1.54, 1.807) is 17.4 Å². The SMILES string of the molecule is O=C(c1ccccc1)[C@@H]1Sc2nc(=O)c3ccccc3n2[C@H]1c1cccs1. The van der Waals surface area contributed by atoms with Crippen molar-refractivity contribution in [2.45, 2.75) is 16.4 Å². The van der Waals surface area contributed by atoms with Crippen molar-refractivity contribution in [3.05, 3.63) is 92.9 Å². The van der Waals surface area contributed by atoms with E-state index in [2.05, 4.69) is 9.55 Å². The largest absolute Gasteiger partial charge is 0.310 e. The molecule has 5 rings (SSSR count). The zero-order chi connectivity index (χ0) is 18.4. The summed E-state index contributed by atoms with van der Waals surface area (Å²) in [6.45, 7) is 0. The number of nitrogens with zero attached hydrogens (tertiary/aromatic N) is 2. The van der Waals surface area contributed by atoms with Crippen LogP contribution in [0.2, 0.25) is 0 Å². The van der Waals surface area contributed by atoms with Crippen LogP contribution in [0.25, 0.3) is 10.9 Å². The molecule has 2 aromatic carbocycles. The first kappa shape index (κ1) is 16.5. The van der Waals surface area contributed by atoms with Crippen molar-refractivity contribution >= 4 is 39.8 Å². The molecule has 0 amide bonds. The van der Waals surface area contributed by atoms with Gasteiger partial charge in [0, 0.05) is 10.4 Å². The summed E-state index contributed by atoms with van der Waals surface area (Å²) in [6, 6.07) is 20.7. The van der Waals surface area contributed by atoms with Crippen molar-refractivity contribution in [1.29, 1.82) is 0 Å². The number of hydrogen-bond donors (Lipinski definition) is 0. The second-order valence-electron chi connectivity index (χ2n) is 6.32. The van der Waals surface area contributed by atoms with Crippen molar-refractivity contribution in [2.75, 3.05) is 0 Å². The van der Waals surface area contributed by atoms with E-state index in [0.717, 1.165) is 10.4 Å². The molecular formula is C21H14N2O2S2. The summed E-state index contributed by atoms with van der Waals surface area (Å²) in [5, 5.41) is 2.84. The maximum absolute atomic E-state index is 13.3. The number of ketones is 1. The van der Waals surface area contributed by atoms with Gasteiger partial charge in [-0.05, 0) is 23.6 Å². The lowest BCUT2D eigenvalue weighted by Gasteiger charge is -2.20. The van der Waals surface area contributed by atoms with Crippen molar-refractivity contribution in [3.8, 4) is 0 Å². The fourth-order valence-corrected chi connectivity index (χ4v) is 5.80. The molecular weight excluding hydrogens is 376 g/mol. The quantitative estimate of drug-likeness (QED) is 0.384.